The van der Waals surface area contributed by atoms with Crippen LogP contribution in [0.3, 0.4) is 0 Å². The molecule has 0 heterocycles. The predicted molar refractivity (Wildman–Crippen MR) is 55.7 cm³/mol. The van der Waals surface area contributed by atoms with Gasteiger partial charge in [0, 0.05) is 10.7 Å². The van der Waals surface area contributed by atoms with E-state index in [0.29, 0.717) is 17.8 Å². The summed E-state index contributed by atoms with van der Waals surface area (Å²) in [6, 6.07) is 0. The minimum Gasteiger partial charge on any atom is -0.212 e. The molecule has 0 aliphatic heterocycles. The van der Waals surface area contributed by atoms with Crippen molar-refractivity contribution in [3.8, 4) is 0 Å². The molecule has 0 saturated heterocycles. The molecule has 0 radical (unpaired) electrons. The summed E-state index contributed by atoms with van der Waals surface area (Å²) in [5.41, 5.74) is 0. The van der Waals surface area contributed by atoms with Crippen LogP contribution in [0.1, 0.15) is 38.5 Å². The first-order valence-electron chi connectivity index (χ1n) is 5.43. The molecule has 4 bridgehead atoms. The van der Waals surface area contributed by atoms with Crippen LogP contribution in [0.25, 0.3) is 0 Å². The second-order valence-electron chi connectivity index (χ2n) is 5.54. The van der Waals surface area contributed by atoms with Gasteiger partial charge < -0.3 is 0 Å². The summed E-state index contributed by atoms with van der Waals surface area (Å²) in [5.74, 6) is 1.94. The average Bonchev–Trinajstić information content (AvgIpc) is 1.98. The second-order valence-corrected chi connectivity index (χ2v) is 8.50. The molecule has 4 aliphatic rings. The summed E-state index contributed by atoms with van der Waals surface area (Å²) in [6.45, 7) is 0. The lowest BCUT2D eigenvalue weighted by Gasteiger charge is -2.54. The Bertz CT molecular complexity index is 325. The zero-order valence-corrected chi connectivity index (χ0v) is 9.65. The third-order valence-corrected chi connectivity index (χ3v) is 7.02. The Hall–Kier alpha value is 0.240. The Balaban J connectivity index is 2.03. The predicted octanol–water partition coefficient (Wildman–Crippen LogP) is 2.52. The molecule has 14 heavy (non-hydrogen) atoms. The van der Waals surface area contributed by atoms with Gasteiger partial charge in [0.15, 0.2) is 0 Å². The van der Waals surface area contributed by atoms with Gasteiger partial charge in [-0.15, -0.1) is 0 Å². The molecule has 0 aromatic rings. The zero-order valence-electron chi connectivity index (χ0n) is 8.08. The summed E-state index contributed by atoms with van der Waals surface area (Å²) in [4.78, 5) is 0. The van der Waals surface area contributed by atoms with Crippen LogP contribution >= 0.6 is 10.7 Å². The standard InChI is InChI=1S/C10H15ClO2S/c11-14(12,13)10-4-7-1-8(5-10)3-9(2-7)6-10/h7-9H,1-6H2. The molecule has 80 valence electrons. The van der Waals surface area contributed by atoms with Gasteiger partial charge in [0.05, 0.1) is 4.75 Å². The first-order valence-corrected chi connectivity index (χ1v) is 7.74. The van der Waals surface area contributed by atoms with Crippen LogP contribution < -0.4 is 0 Å². The van der Waals surface area contributed by atoms with Crippen molar-refractivity contribution in [3.63, 3.8) is 0 Å². The molecule has 2 nitrogen and oxygen atoms in total. The molecule has 4 rings (SSSR count). The minimum atomic E-state index is -3.35. The quantitative estimate of drug-likeness (QED) is 0.654. The van der Waals surface area contributed by atoms with Gasteiger partial charge in [0.25, 0.3) is 0 Å². The Morgan fingerprint density at radius 2 is 1.29 bits per heavy atom. The molecule has 4 fully saturated rings. The third-order valence-electron chi connectivity index (χ3n) is 4.50. The van der Waals surface area contributed by atoms with E-state index in [1.165, 1.54) is 19.3 Å². The van der Waals surface area contributed by atoms with Gasteiger partial charge in [0.1, 0.15) is 0 Å². The van der Waals surface area contributed by atoms with Gasteiger partial charge in [-0.1, -0.05) is 0 Å². The Labute approximate surface area is 89.4 Å². The summed E-state index contributed by atoms with van der Waals surface area (Å²) < 4.78 is 22.8. The molecule has 0 spiro atoms. The van der Waals surface area contributed by atoms with E-state index in [-0.39, 0.29) is 0 Å². The van der Waals surface area contributed by atoms with Crippen LogP contribution in [0, 0.1) is 17.8 Å². The monoisotopic (exact) mass is 234 g/mol. The topological polar surface area (TPSA) is 34.1 Å². The van der Waals surface area contributed by atoms with Gasteiger partial charge in [-0.25, -0.2) is 8.42 Å². The summed E-state index contributed by atoms with van der Waals surface area (Å²) >= 11 is 0. The molecular weight excluding hydrogens is 220 g/mol. The van der Waals surface area contributed by atoms with E-state index in [2.05, 4.69) is 0 Å². The molecule has 0 aromatic heterocycles. The van der Waals surface area contributed by atoms with E-state index >= 15 is 0 Å². The highest BCUT2D eigenvalue weighted by Gasteiger charge is 2.56. The van der Waals surface area contributed by atoms with E-state index in [1.807, 2.05) is 0 Å². The summed E-state index contributed by atoms with van der Waals surface area (Å²) in [5, 5.41) is 0. The van der Waals surface area contributed by atoms with Gasteiger partial charge >= 0.3 is 0 Å². The fourth-order valence-electron chi connectivity index (χ4n) is 4.33. The lowest BCUT2D eigenvalue weighted by atomic mass is 9.56. The maximum absolute atomic E-state index is 11.7. The van der Waals surface area contributed by atoms with Crippen molar-refractivity contribution in [1.82, 2.24) is 0 Å². The van der Waals surface area contributed by atoms with E-state index in [9.17, 15) is 8.42 Å². The maximum atomic E-state index is 11.7. The van der Waals surface area contributed by atoms with Crippen LogP contribution in [0.15, 0.2) is 0 Å². The Morgan fingerprint density at radius 1 is 0.929 bits per heavy atom. The number of hydrogen-bond donors (Lipinski definition) is 0. The molecule has 0 unspecified atom stereocenters. The molecule has 0 amide bonds. The molecule has 4 heteroatoms. The Morgan fingerprint density at radius 3 is 1.57 bits per heavy atom. The van der Waals surface area contributed by atoms with Crippen molar-refractivity contribution in [2.75, 3.05) is 0 Å². The molecular formula is C10H15ClO2S. The van der Waals surface area contributed by atoms with Gasteiger partial charge in [-0.05, 0) is 56.3 Å². The lowest BCUT2D eigenvalue weighted by Crippen LogP contribution is -2.53. The van der Waals surface area contributed by atoms with Crippen molar-refractivity contribution in [1.29, 1.82) is 0 Å². The van der Waals surface area contributed by atoms with Crippen LogP contribution in [0.4, 0.5) is 0 Å². The van der Waals surface area contributed by atoms with Gasteiger partial charge in [-0.2, -0.15) is 0 Å². The lowest BCUT2D eigenvalue weighted by molar-refractivity contribution is 0.0348. The number of hydrogen-bond acceptors (Lipinski definition) is 2. The third kappa shape index (κ3) is 1.18. The largest absolute Gasteiger partial charge is 0.238 e. The first-order chi connectivity index (χ1) is 6.48. The van der Waals surface area contributed by atoms with Crippen LogP contribution in [-0.4, -0.2) is 13.2 Å². The Kier molecular flexibility index (Phi) is 1.81. The molecule has 0 atom stereocenters. The molecule has 4 saturated carbocycles. The zero-order chi connectivity index (χ0) is 9.97. The van der Waals surface area contributed by atoms with E-state index in [1.54, 1.807) is 0 Å². The second kappa shape index (κ2) is 2.67. The first kappa shape index (κ1) is 9.46. The van der Waals surface area contributed by atoms with Crippen molar-refractivity contribution in [2.24, 2.45) is 17.8 Å². The van der Waals surface area contributed by atoms with Crippen LogP contribution in [-0.2, 0) is 9.05 Å². The fourth-order valence-corrected chi connectivity index (χ4v) is 6.20. The van der Waals surface area contributed by atoms with E-state index in [0.717, 1.165) is 19.3 Å². The van der Waals surface area contributed by atoms with Gasteiger partial charge in [0.2, 0.25) is 9.05 Å². The van der Waals surface area contributed by atoms with E-state index < -0.39 is 13.8 Å². The van der Waals surface area contributed by atoms with Gasteiger partial charge in [-0.3, -0.25) is 0 Å². The summed E-state index contributed by atoms with van der Waals surface area (Å²) in [6.07, 6.45) is 6.28. The summed E-state index contributed by atoms with van der Waals surface area (Å²) in [7, 11) is 2.28. The fraction of sp³-hybridized carbons (Fsp3) is 1.00. The number of rotatable bonds is 1. The highest BCUT2D eigenvalue weighted by Crippen LogP contribution is 2.59. The van der Waals surface area contributed by atoms with Crippen molar-refractivity contribution in [2.45, 2.75) is 43.3 Å². The van der Waals surface area contributed by atoms with E-state index in [4.69, 9.17) is 10.7 Å². The van der Waals surface area contributed by atoms with Crippen molar-refractivity contribution < 1.29 is 8.42 Å². The highest BCUT2D eigenvalue weighted by molar-refractivity contribution is 8.14. The van der Waals surface area contributed by atoms with Crippen molar-refractivity contribution >= 4 is 19.7 Å². The molecule has 4 aliphatic carbocycles. The van der Waals surface area contributed by atoms with Crippen LogP contribution in [0.2, 0.25) is 0 Å². The van der Waals surface area contributed by atoms with Crippen molar-refractivity contribution in [3.05, 3.63) is 0 Å². The average molecular weight is 235 g/mol. The highest BCUT2D eigenvalue weighted by atomic mass is 35.7. The normalized spacial score (nSPS) is 51.1. The smallest absolute Gasteiger partial charge is 0.212 e. The maximum Gasteiger partial charge on any atom is 0.238 e. The SMILES string of the molecule is O=S(=O)(Cl)C12CC3CC(CC(C3)C1)C2. The number of halogens is 1. The molecule has 0 N–H and O–H groups in total. The minimum absolute atomic E-state index is 0.524. The molecule has 0 aromatic carbocycles. The van der Waals surface area contributed by atoms with Crippen LogP contribution in [0.5, 0.6) is 0 Å².